The van der Waals surface area contributed by atoms with Gasteiger partial charge >= 0.3 is 0 Å². The number of rotatable bonds is 4. The number of carbonyl (C=O) groups excluding carboxylic acids is 1. The van der Waals surface area contributed by atoms with E-state index in [-0.39, 0.29) is 12.0 Å². The third kappa shape index (κ3) is 4.02. The molecule has 0 unspecified atom stereocenters. The molecule has 0 bridgehead atoms. The third-order valence-electron chi connectivity index (χ3n) is 4.19. The van der Waals surface area contributed by atoms with E-state index in [2.05, 4.69) is 15.2 Å². The topological polar surface area (TPSA) is 54.5 Å². The summed E-state index contributed by atoms with van der Waals surface area (Å²) in [6.07, 6.45) is 6.29. The van der Waals surface area contributed by atoms with Crippen LogP contribution in [-0.2, 0) is 16.1 Å². The molecule has 0 spiro atoms. The van der Waals surface area contributed by atoms with Crippen LogP contribution in [0, 0.1) is 6.92 Å². The predicted octanol–water partition coefficient (Wildman–Crippen LogP) is 1.71. The minimum absolute atomic E-state index is 0.0621. The van der Waals surface area contributed by atoms with E-state index in [1.165, 1.54) is 17.7 Å². The van der Waals surface area contributed by atoms with Crippen LogP contribution in [0.1, 0.15) is 35.6 Å². The lowest BCUT2D eigenvalue weighted by Gasteiger charge is -2.32. The first-order valence-corrected chi connectivity index (χ1v) is 8.58. The molecule has 2 fully saturated rings. The number of hydrogen-bond donors (Lipinski definition) is 1. The van der Waals surface area contributed by atoms with Crippen molar-refractivity contribution in [2.24, 2.45) is 0 Å². The lowest BCUT2D eigenvalue weighted by Crippen LogP contribution is -2.51. The summed E-state index contributed by atoms with van der Waals surface area (Å²) in [4.78, 5) is 20.1. The monoisotopic (exact) mass is 309 g/mol. The SMILES string of the molecule is Cc1ncc(CN2CCO[C@@H](C(=O)NC3CCCC3)C2)s1. The van der Waals surface area contributed by atoms with Crippen molar-refractivity contribution in [3.63, 3.8) is 0 Å². The molecule has 1 aromatic rings. The molecule has 1 aromatic heterocycles. The molecular formula is C15H23N3O2S. The fourth-order valence-electron chi connectivity index (χ4n) is 3.07. The Kier molecular flexibility index (Phi) is 4.87. The van der Waals surface area contributed by atoms with Gasteiger partial charge in [0, 0.05) is 36.8 Å². The molecule has 1 saturated carbocycles. The minimum Gasteiger partial charge on any atom is -0.366 e. The highest BCUT2D eigenvalue weighted by Gasteiger charge is 2.29. The first kappa shape index (κ1) is 14.9. The van der Waals surface area contributed by atoms with Gasteiger partial charge in [-0.1, -0.05) is 12.8 Å². The lowest BCUT2D eigenvalue weighted by molar-refractivity contribution is -0.139. The van der Waals surface area contributed by atoms with Gasteiger partial charge in [0.15, 0.2) is 0 Å². The van der Waals surface area contributed by atoms with Crippen molar-refractivity contribution in [1.29, 1.82) is 0 Å². The maximum Gasteiger partial charge on any atom is 0.250 e. The Morgan fingerprint density at radius 2 is 2.33 bits per heavy atom. The molecule has 116 valence electrons. The molecule has 6 heteroatoms. The second-order valence-electron chi connectivity index (χ2n) is 5.93. The predicted molar refractivity (Wildman–Crippen MR) is 82.3 cm³/mol. The van der Waals surface area contributed by atoms with Crippen LogP contribution in [0.2, 0.25) is 0 Å². The summed E-state index contributed by atoms with van der Waals surface area (Å²) < 4.78 is 5.66. The zero-order valence-electron chi connectivity index (χ0n) is 12.5. The normalized spacial score (nSPS) is 24.3. The fraction of sp³-hybridized carbons (Fsp3) is 0.733. The van der Waals surface area contributed by atoms with Crippen LogP contribution in [-0.4, -0.2) is 47.6 Å². The average Bonchev–Trinajstić information content (AvgIpc) is 3.11. The first-order chi connectivity index (χ1) is 10.2. The summed E-state index contributed by atoms with van der Waals surface area (Å²) in [5.41, 5.74) is 0. The van der Waals surface area contributed by atoms with Gasteiger partial charge in [-0.05, 0) is 19.8 Å². The van der Waals surface area contributed by atoms with E-state index in [0.717, 1.165) is 30.9 Å². The van der Waals surface area contributed by atoms with Crippen LogP contribution in [0.3, 0.4) is 0 Å². The summed E-state index contributed by atoms with van der Waals surface area (Å²) in [5, 5.41) is 4.23. The number of aromatic nitrogens is 1. The van der Waals surface area contributed by atoms with Gasteiger partial charge in [-0.2, -0.15) is 0 Å². The highest BCUT2D eigenvalue weighted by molar-refractivity contribution is 7.11. The number of thiazole rings is 1. The van der Waals surface area contributed by atoms with E-state index in [1.807, 2.05) is 13.1 Å². The van der Waals surface area contributed by atoms with Gasteiger partial charge in [-0.3, -0.25) is 9.69 Å². The molecule has 2 aliphatic rings. The summed E-state index contributed by atoms with van der Waals surface area (Å²) in [6.45, 7) is 5.06. The lowest BCUT2D eigenvalue weighted by atomic mass is 10.2. The smallest absolute Gasteiger partial charge is 0.250 e. The van der Waals surface area contributed by atoms with Gasteiger partial charge in [-0.15, -0.1) is 11.3 Å². The zero-order chi connectivity index (χ0) is 14.7. The van der Waals surface area contributed by atoms with E-state index in [1.54, 1.807) is 11.3 Å². The summed E-state index contributed by atoms with van der Waals surface area (Å²) in [7, 11) is 0. The quantitative estimate of drug-likeness (QED) is 0.920. The van der Waals surface area contributed by atoms with Crippen LogP contribution in [0.4, 0.5) is 0 Å². The van der Waals surface area contributed by atoms with E-state index < -0.39 is 0 Å². The first-order valence-electron chi connectivity index (χ1n) is 7.76. The molecule has 1 atom stereocenters. The molecule has 1 amide bonds. The molecule has 0 aromatic carbocycles. The Labute approximate surface area is 129 Å². The molecule has 1 aliphatic heterocycles. The van der Waals surface area contributed by atoms with Gasteiger partial charge in [0.05, 0.1) is 11.6 Å². The zero-order valence-corrected chi connectivity index (χ0v) is 13.3. The molecule has 1 N–H and O–H groups in total. The molecule has 2 heterocycles. The molecule has 1 saturated heterocycles. The van der Waals surface area contributed by atoms with Gasteiger partial charge < -0.3 is 10.1 Å². The molecule has 3 rings (SSSR count). The molecule has 5 nitrogen and oxygen atoms in total. The summed E-state index contributed by atoms with van der Waals surface area (Å²) in [6, 6.07) is 0.362. The van der Waals surface area contributed by atoms with Crippen molar-refractivity contribution in [2.75, 3.05) is 19.7 Å². The fourth-order valence-corrected chi connectivity index (χ4v) is 3.91. The molecule has 0 radical (unpaired) electrons. The van der Waals surface area contributed by atoms with Crippen LogP contribution in [0.25, 0.3) is 0 Å². The number of ether oxygens (including phenoxy) is 1. The van der Waals surface area contributed by atoms with Crippen LogP contribution in [0.15, 0.2) is 6.20 Å². The number of amides is 1. The van der Waals surface area contributed by atoms with Crippen molar-refractivity contribution < 1.29 is 9.53 Å². The maximum absolute atomic E-state index is 12.3. The number of carbonyl (C=O) groups is 1. The number of morpholine rings is 1. The largest absolute Gasteiger partial charge is 0.366 e. The Hall–Kier alpha value is -0.980. The third-order valence-corrected chi connectivity index (χ3v) is 5.09. The van der Waals surface area contributed by atoms with E-state index >= 15 is 0 Å². The Morgan fingerprint density at radius 3 is 3.05 bits per heavy atom. The number of nitrogens with zero attached hydrogens (tertiary/aromatic N) is 2. The Morgan fingerprint density at radius 1 is 1.52 bits per heavy atom. The summed E-state index contributed by atoms with van der Waals surface area (Å²) in [5.74, 6) is 0.0621. The van der Waals surface area contributed by atoms with Gasteiger partial charge in [-0.25, -0.2) is 4.98 Å². The highest BCUT2D eigenvalue weighted by Crippen LogP contribution is 2.19. The Balaban J connectivity index is 1.51. The average molecular weight is 309 g/mol. The van der Waals surface area contributed by atoms with Crippen molar-refractivity contribution in [2.45, 2.75) is 51.3 Å². The molecule has 21 heavy (non-hydrogen) atoms. The van der Waals surface area contributed by atoms with E-state index in [9.17, 15) is 4.79 Å². The standard InChI is InChI=1S/C15H23N3O2S/c1-11-16-8-13(21-11)9-18-6-7-20-14(10-18)15(19)17-12-4-2-3-5-12/h8,12,14H,2-7,9-10H2,1H3,(H,17,19)/t14-/m1/s1. The molecular weight excluding hydrogens is 286 g/mol. The van der Waals surface area contributed by atoms with E-state index in [4.69, 9.17) is 4.74 Å². The highest BCUT2D eigenvalue weighted by atomic mass is 32.1. The van der Waals surface area contributed by atoms with Crippen molar-refractivity contribution >= 4 is 17.2 Å². The number of hydrogen-bond acceptors (Lipinski definition) is 5. The van der Waals surface area contributed by atoms with Crippen molar-refractivity contribution in [3.8, 4) is 0 Å². The van der Waals surface area contributed by atoms with Crippen LogP contribution >= 0.6 is 11.3 Å². The van der Waals surface area contributed by atoms with E-state index in [0.29, 0.717) is 19.2 Å². The maximum atomic E-state index is 12.3. The van der Waals surface area contributed by atoms with Crippen LogP contribution in [0.5, 0.6) is 0 Å². The van der Waals surface area contributed by atoms with Gasteiger partial charge in [0.2, 0.25) is 0 Å². The van der Waals surface area contributed by atoms with Gasteiger partial charge in [0.25, 0.3) is 5.91 Å². The summed E-state index contributed by atoms with van der Waals surface area (Å²) >= 11 is 1.72. The van der Waals surface area contributed by atoms with Crippen molar-refractivity contribution in [3.05, 3.63) is 16.1 Å². The number of nitrogens with one attached hydrogen (secondary N) is 1. The number of aryl methyl sites for hydroxylation is 1. The molecule has 1 aliphatic carbocycles. The minimum atomic E-state index is -0.326. The second-order valence-corrected chi connectivity index (χ2v) is 7.25. The second kappa shape index (κ2) is 6.85. The van der Waals surface area contributed by atoms with Gasteiger partial charge in [0.1, 0.15) is 6.10 Å². The Bertz CT molecular complexity index is 485. The van der Waals surface area contributed by atoms with Crippen LogP contribution < -0.4 is 5.32 Å². The van der Waals surface area contributed by atoms with Crippen molar-refractivity contribution in [1.82, 2.24) is 15.2 Å².